The van der Waals surface area contributed by atoms with Crippen molar-refractivity contribution in [1.82, 2.24) is 9.78 Å². The van der Waals surface area contributed by atoms with E-state index in [9.17, 15) is 13.6 Å². The van der Waals surface area contributed by atoms with Gasteiger partial charge in [-0.1, -0.05) is 13.0 Å². The zero-order chi connectivity index (χ0) is 23.3. The van der Waals surface area contributed by atoms with Gasteiger partial charge >= 0.3 is 0 Å². The summed E-state index contributed by atoms with van der Waals surface area (Å²) >= 11 is 0. The Balaban J connectivity index is 1.67. The van der Waals surface area contributed by atoms with Crippen LogP contribution in [0, 0.1) is 5.92 Å². The lowest BCUT2D eigenvalue weighted by Crippen LogP contribution is -2.31. The Labute approximate surface area is 191 Å². The maximum Gasteiger partial charge on any atom is 0.264 e. The molecule has 0 spiro atoms. The highest BCUT2D eigenvalue weighted by molar-refractivity contribution is 6.00. The summed E-state index contributed by atoms with van der Waals surface area (Å²) in [4.78, 5) is 14.3. The van der Waals surface area contributed by atoms with E-state index in [1.807, 2.05) is 31.2 Å². The van der Waals surface area contributed by atoms with Gasteiger partial charge < -0.3 is 15.5 Å². The van der Waals surface area contributed by atoms with Crippen LogP contribution in [-0.2, 0) is 18.3 Å². The first-order valence-electron chi connectivity index (χ1n) is 11.2. The van der Waals surface area contributed by atoms with Crippen molar-refractivity contribution in [1.29, 1.82) is 0 Å². The summed E-state index contributed by atoms with van der Waals surface area (Å²) in [6, 6.07) is 9.23. The molecule has 2 aliphatic heterocycles. The highest BCUT2D eigenvalue weighted by atomic mass is 19.3. The monoisotopic (exact) mass is 451 g/mol. The summed E-state index contributed by atoms with van der Waals surface area (Å²) < 4.78 is 30.0. The maximum absolute atomic E-state index is 14.2. The van der Waals surface area contributed by atoms with E-state index < -0.39 is 6.43 Å². The Morgan fingerprint density at radius 1 is 1.15 bits per heavy atom. The molecule has 33 heavy (non-hydrogen) atoms. The fourth-order valence-corrected chi connectivity index (χ4v) is 4.93. The van der Waals surface area contributed by atoms with Crippen LogP contribution in [0.2, 0.25) is 0 Å². The molecule has 0 saturated heterocycles. The number of nitrogens with one attached hydrogen (secondary N) is 2. The van der Waals surface area contributed by atoms with Crippen molar-refractivity contribution in [2.24, 2.45) is 13.0 Å². The summed E-state index contributed by atoms with van der Waals surface area (Å²) in [6.07, 6.45) is 1.95. The number of fused-ring (bicyclic) bond motifs is 2. The third kappa shape index (κ3) is 3.94. The van der Waals surface area contributed by atoms with Gasteiger partial charge in [-0.25, -0.2) is 8.78 Å². The Morgan fingerprint density at radius 3 is 2.70 bits per heavy atom. The minimum atomic E-state index is -2.61. The number of halogens is 2. The molecule has 0 saturated carbocycles. The summed E-state index contributed by atoms with van der Waals surface area (Å²) in [5.74, 6) is 0.282. The van der Waals surface area contributed by atoms with Crippen LogP contribution in [0.3, 0.4) is 0 Å². The van der Waals surface area contributed by atoms with Crippen LogP contribution in [0.25, 0.3) is 11.1 Å². The summed E-state index contributed by atoms with van der Waals surface area (Å²) in [6.45, 7) is 4.83. The molecule has 0 bridgehead atoms. The second-order valence-electron chi connectivity index (χ2n) is 9.19. The number of anilines is 4. The first-order chi connectivity index (χ1) is 15.8. The zero-order valence-electron chi connectivity index (χ0n) is 18.9. The van der Waals surface area contributed by atoms with Crippen LogP contribution in [-0.4, -0.2) is 28.3 Å². The summed E-state index contributed by atoms with van der Waals surface area (Å²) in [5, 5.41) is 10.6. The molecule has 1 amide bonds. The van der Waals surface area contributed by atoms with Crippen molar-refractivity contribution in [2.75, 3.05) is 22.1 Å². The van der Waals surface area contributed by atoms with Gasteiger partial charge in [0, 0.05) is 49.1 Å². The van der Waals surface area contributed by atoms with Gasteiger partial charge in [-0.05, 0) is 54.7 Å². The molecule has 172 valence electrons. The van der Waals surface area contributed by atoms with Gasteiger partial charge in [-0.15, -0.1) is 0 Å². The summed E-state index contributed by atoms with van der Waals surface area (Å²) in [7, 11) is 1.78. The molecule has 0 aliphatic carbocycles. The van der Waals surface area contributed by atoms with E-state index >= 15 is 0 Å². The number of aryl methyl sites for hydroxylation is 1. The Bertz CT molecular complexity index is 1220. The number of amides is 1. The number of rotatable bonds is 3. The van der Waals surface area contributed by atoms with Gasteiger partial charge in [0.05, 0.1) is 23.3 Å². The number of hydrogen-bond donors (Lipinski definition) is 2. The second kappa shape index (κ2) is 8.17. The van der Waals surface area contributed by atoms with Crippen LogP contribution < -0.4 is 15.5 Å². The first kappa shape index (κ1) is 21.4. The smallest absolute Gasteiger partial charge is 0.264 e. The average Bonchev–Trinajstić information content (AvgIpc) is 3.12. The van der Waals surface area contributed by atoms with E-state index in [2.05, 4.69) is 27.6 Å². The lowest BCUT2D eigenvalue weighted by atomic mass is 9.88. The zero-order valence-corrected chi connectivity index (χ0v) is 18.9. The number of benzene rings is 2. The molecule has 1 unspecified atom stereocenters. The van der Waals surface area contributed by atoms with Crippen LogP contribution in [0.4, 0.5) is 31.5 Å². The second-order valence-corrected chi connectivity index (χ2v) is 9.19. The number of para-hydroxylation sites is 1. The van der Waals surface area contributed by atoms with Gasteiger partial charge in [0.1, 0.15) is 0 Å². The number of carbonyl (C=O) groups excluding carboxylic acids is 1. The molecule has 5 rings (SSSR count). The fraction of sp³-hybridized carbons (Fsp3) is 0.360. The third-order valence-corrected chi connectivity index (χ3v) is 6.34. The predicted octanol–water partition coefficient (Wildman–Crippen LogP) is 5.50. The van der Waals surface area contributed by atoms with E-state index in [1.165, 1.54) is 0 Å². The van der Waals surface area contributed by atoms with E-state index in [-0.39, 0.29) is 17.5 Å². The first-order valence-corrected chi connectivity index (χ1v) is 11.2. The Kier molecular flexibility index (Phi) is 5.31. The molecule has 2 aromatic carbocycles. The fourth-order valence-electron chi connectivity index (χ4n) is 4.93. The van der Waals surface area contributed by atoms with Crippen LogP contribution in [0.15, 0.2) is 42.7 Å². The number of alkyl halides is 2. The molecule has 3 aromatic rings. The van der Waals surface area contributed by atoms with Crippen molar-refractivity contribution in [3.05, 3.63) is 53.9 Å². The molecule has 3 heterocycles. The number of carbonyl (C=O) groups is 1. The van der Waals surface area contributed by atoms with Crippen molar-refractivity contribution in [2.45, 2.75) is 39.2 Å². The molecule has 0 fully saturated rings. The SMILES string of the molecule is CC1Cc2cc(-c3cnn(C)c3)c(C(F)F)cc2N(c2cccc3c2N[C@H](C)CC(=O)N3)C1. The maximum atomic E-state index is 14.2. The lowest BCUT2D eigenvalue weighted by molar-refractivity contribution is -0.116. The molecule has 2 atom stereocenters. The predicted molar refractivity (Wildman–Crippen MR) is 126 cm³/mol. The molecule has 2 aliphatic rings. The Morgan fingerprint density at radius 2 is 1.97 bits per heavy atom. The minimum absolute atomic E-state index is 0.00189. The third-order valence-electron chi connectivity index (χ3n) is 6.34. The van der Waals surface area contributed by atoms with Gasteiger partial charge in [0.15, 0.2) is 0 Å². The van der Waals surface area contributed by atoms with Crippen LogP contribution in [0.1, 0.15) is 37.8 Å². The van der Waals surface area contributed by atoms with E-state index in [1.54, 1.807) is 30.2 Å². The standard InChI is InChI=1S/C25H27F2N5O/c1-14-7-16-9-18(17-11-28-31(3)13-17)19(25(26)27)10-22(16)32(12-14)21-6-4-5-20-24(21)29-15(2)8-23(33)30-20/h4-6,9-11,13-15,25,29H,7-8,12H2,1-3H3,(H,30,33)/t14?,15-/m1/s1. The number of aromatic nitrogens is 2. The Hall–Kier alpha value is -3.42. The molecule has 8 heteroatoms. The van der Waals surface area contributed by atoms with Gasteiger partial charge in [-0.3, -0.25) is 9.48 Å². The highest BCUT2D eigenvalue weighted by Crippen LogP contribution is 2.46. The van der Waals surface area contributed by atoms with Gasteiger partial charge in [0.25, 0.3) is 6.43 Å². The van der Waals surface area contributed by atoms with Crippen molar-refractivity contribution >= 4 is 28.7 Å². The highest BCUT2D eigenvalue weighted by Gasteiger charge is 2.30. The quantitative estimate of drug-likeness (QED) is 0.552. The number of nitrogens with zero attached hydrogens (tertiary/aromatic N) is 3. The lowest BCUT2D eigenvalue weighted by Gasteiger charge is -2.37. The van der Waals surface area contributed by atoms with E-state index in [0.29, 0.717) is 35.7 Å². The largest absolute Gasteiger partial charge is 0.379 e. The van der Waals surface area contributed by atoms with Gasteiger partial charge in [0.2, 0.25) is 5.91 Å². The van der Waals surface area contributed by atoms with E-state index in [0.717, 1.165) is 29.0 Å². The van der Waals surface area contributed by atoms with Crippen LogP contribution >= 0.6 is 0 Å². The molecule has 2 N–H and O–H groups in total. The topological polar surface area (TPSA) is 62.2 Å². The molecular weight excluding hydrogens is 424 g/mol. The molecule has 6 nitrogen and oxygen atoms in total. The van der Waals surface area contributed by atoms with Crippen molar-refractivity contribution in [3.63, 3.8) is 0 Å². The molecule has 0 radical (unpaired) electrons. The minimum Gasteiger partial charge on any atom is -0.379 e. The normalized spacial score (nSPS) is 20.1. The molecule has 1 aromatic heterocycles. The number of hydrogen-bond acceptors (Lipinski definition) is 4. The van der Waals surface area contributed by atoms with E-state index in [4.69, 9.17) is 0 Å². The average molecular weight is 452 g/mol. The van der Waals surface area contributed by atoms with Crippen LogP contribution in [0.5, 0.6) is 0 Å². The van der Waals surface area contributed by atoms with Crippen molar-refractivity contribution < 1.29 is 13.6 Å². The van der Waals surface area contributed by atoms with Gasteiger partial charge in [-0.2, -0.15) is 5.10 Å². The van der Waals surface area contributed by atoms with Crippen molar-refractivity contribution in [3.8, 4) is 11.1 Å². The molecular formula is C25H27F2N5O. The summed E-state index contributed by atoms with van der Waals surface area (Å²) in [5.41, 5.74) is 5.44.